The summed E-state index contributed by atoms with van der Waals surface area (Å²) in [4.78, 5) is 9.04. The van der Waals surface area contributed by atoms with E-state index in [4.69, 9.17) is 0 Å². The number of piperazine rings is 1. The molecular formula is C18H25FN6. The van der Waals surface area contributed by atoms with E-state index in [9.17, 15) is 4.39 Å². The SMILES string of the molecule is CC(C)CCNc1nncc(N2CCN(c3ccc(F)cc3)CC2)n1. The molecule has 0 unspecified atom stereocenters. The number of benzene rings is 1. The second kappa shape index (κ2) is 8.09. The van der Waals surface area contributed by atoms with Gasteiger partial charge in [0.1, 0.15) is 5.82 Å². The molecule has 0 aliphatic carbocycles. The maximum Gasteiger partial charge on any atom is 0.244 e. The molecule has 6 nitrogen and oxygen atoms in total. The average molecular weight is 344 g/mol. The van der Waals surface area contributed by atoms with Gasteiger partial charge in [0.25, 0.3) is 0 Å². The van der Waals surface area contributed by atoms with E-state index in [1.165, 1.54) is 12.1 Å². The molecule has 3 rings (SSSR count). The summed E-state index contributed by atoms with van der Waals surface area (Å²) in [7, 11) is 0. The minimum Gasteiger partial charge on any atom is -0.368 e. The first-order valence-electron chi connectivity index (χ1n) is 8.81. The summed E-state index contributed by atoms with van der Waals surface area (Å²) in [5.41, 5.74) is 1.05. The van der Waals surface area contributed by atoms with Gasteiger partial charge in [-0.2, -0.15) is 10.1 Å². The van der Waals surface area contributed by atoms with Crippen LogP contribution in [0.25, 0.3) is 0 Å². The van der Waals surface area contributed by atoms with E-state index in [1.54, 1.807) is 6.20 Å². The molecular weight excluding hydrogens is 319 g/mol. The zero-order valence-corrected chi connectivity index (χ0v) is 14.8. The zero-order valence-electron chi connectivity index (χ0n) is 14.8. The molecule has 1 aliphatic rings. The highest BCUT2D eigenvalue weighted by atomic mass is 19.1. The first kappa shape index (κ1) is 17.4. The van der Waals surface area contributed by atoms with Crippen molar-refractivity contribution in [3.05, 3.63) is 36.3 Å². The quantitative estimate of drug-likeness (QED) is 0.870. The number of nitrogens with one attached hydrogen (secondary N) is 1. The third-order valence-corrected chi connectivity index (χ3v) is 4.35. The van der Waals surface area contributed by atoms with E-state index >= 15 is 0 Å². The number of nitrogens with zero attached hydrogens (tertiary/aromatic N) is 5. The molecule has 7 heteroatoms. The van der Waals surface area contributed by atoms with Gasteiger partial charge in [-0.25, -0.2) is 4.39 Å². The topological polar surface area (TPSA) is 57.2 Å². The van der Waals surface area contributed by atoms with Gasteiger partial charge < -0.3 is 15.1 Å². The number of rotatable bonds is 6. The molecule has 2 heterocycles. The highest BCUT2D eigenvalue weighted by Crippen LogP contribution is 2.19. The lowest BCUT2D eigenvalue weighted by Gasteiger charge is -2.36. The lowest BCUT2D eigenvalue weighted by molar-refractivity contribution is 0.604. The second-order valence-electron chi connectivity index (χ2n) is 6.70. The summed E-state index contributed by atoms with van der Waals surface area (Å²) < 4.78 is 13.1. The number of hydrogen-bond acceptors (Lipinski definition) is 6. The van der Waals surface area contributed by atoms with Crippen molar-refractivity contribution in [1.82, 2.24) is 15.2 Å². The highest BCUT2D eigenvalue weighted by molar-refractivity contribution is 5.49. The van der Waals surface area contributed by atoms with Crippen molar-refractivity contribution in [2.75, 3.05) is 47.8 Å². The first-order chi connectivity index (χ1) is 12.1. The van der Waals surface area contributed by atoms with Gasteiger partial charge >= 0.3 is 0 Å². The fourth-order valence-electron chi connectivity index (χ4n) is 2.84. The first-order valence-corrected chi connectivity index (χ1v) is 8.81. The summed E-state index contributed by atoms with van der Waals surface area (Å²) in [5.74, 6) is 1.87. The van der Waals surface area contributed by atoms with Crippen LogP contribution in [0.1, 0.15) is 20.3 Å². The van der Waals surface area contributed by atoms with E-state index < -0.39 is 0 Å². The molecule has 1 fully saturated rings. The van der Waals surface area contributed by atoms with Gasteiger partial charge in [-0.1, -0.05) is 13.8 Å². The highest BCUT2D eigenvalue weighted by Gasteiger charge is 2.19. The Kier molecular flexibility index (Phi) is 5.63. The van der Waals surface area contributed by atoms with Crippen LogP contribution in [-0.4, -0.2) is 47.9 Å². The normalized spacial score (nSPS) is 14.9. The third-order valence-electron chi connectivity index (χ3n) is 4.35. The molecule has 0 radical (unpaired) electrons. The number of anilines is 3. The van der Waals surface area contributed by atoms with Crippen LogP contribution in [0.2, 0.25) is 0 Å². The van der Waals surface area contributed by atoms with Gasteiger partial charge in [0, 0.05) is 38.4 Å². The summed E-state index contributed by atoms with van der Waals surface area (Å²) in [6, 6.07) is 6.66. The molecule has 0 bridgehead atoms. The Bertz CT molecular complexity index is 668. The van der Waals surface area contributed by atoms with Crippen molar-refractivity contribution in [3.8, 4) is 0 Å². The van der Waals surface area contributed by atoms with Crippen molar-refractivity contribution in [1.29, 1.82) is 0 Å². The fourth-order valence-corrected chi connectivity index (χ4v) is 2.84. The van der Waals surface area contributed by atoms with Crippen molar-refractivity contribution in [3.63, 3.8) is 0 Å². The standard InChI is InChI=1S/C18H25FN6/c1-14(2)7-8-20-18-22-17(13-21-23-18)25-11-9-24(10-12-25)16-5-3-15(19)4-6-16/h3-6,13-14H,7-12H2,1-2H3,(H,20,22,23). The summed E-state index contributed by atoms with van der Waals surface area (Å²) in [5, 5.41) is 11.4. The Morgan fingerprint density at radius 3 is 2.44 bits per heavy atom. The Morgan fingerprint density at radius 1 is 1.08 bits per heavy atom. The lowest BCUT2D eigenvalue weighted by atomic mass is 10.1. The van der Waals surface area contributed by atoms with Crippen molar-refractivity contribution in [2.24, 2.45) is 5.92 Å². The van der Waals surface area contributed by atoms with Crippen LogP contribution in [-0.2, 0) is 0 Å². The van der Waals surface area contributed by atoms with Crippen LogP contribution in [0.15, 0.2) is 30.5 Å². The Hall–Kier alpha value is -2.44. The summed E-state index contributed by atoms with van der Waals surface area (Å²) in [6.45, 7) is 8.66. The van der Waals surface area contributed by atoms with E-state index in [0.717, 1.165) is 50.6 Å². The predicted molar refractivity (Wildman–Crippen MR) is 98.6 cm³/mol. The fraction of sp³-hybridized carbons (Fsp3) is 0.500. The van der Waals surface area contributed by atoms with Gasteiger partial charge in [-0.15, -0.1) is 5.10 Å². The van der Waals surface area contributed by atoms with Crippen molar-refractivity contribution >= 4 is 17.5 Å². The third kappa shape index (κ3) is 4.78. The molecule has 2 aromatic rings. The largest absolute Gasteiger partial charge is 0.368 e. The zero-order chi connectivity index (χ0) is 17.6. The molecule has 0 saturated carbocycles. The average Bonchev–Trinajstić information content (AvgIpc) is 2.62. The molecule has 1 aromatic carbocycles. The number of halogens is 1. The molecule has 1 saturated heterocycles. The molecule has 134 valence electrons. The predicted octanol–water partition coefficient (Wildman–Crippen LogP) is 2.80. The van der Waals surface area contributed by atoms with Gasteiger partial charge in [-0.3, -0.25) is 0 Å². The summed E-state index contributed by atoms with van der Waals surface area (Å²) in [6.07, 6.45) is 2.78. The van der Waals surface area contributed by atoms with Crippen LogP contribution in [0.5, 0.6) is 0 Å². The van der Waals surface area contributed by atoms with E-state index in [2.05, 4.69) is 44.1 Å². The van der Waals surface area contributed by atoms with Gasteiger partial charge in [-0.05, 0) is 36.6 Å². The number of aromatic nitrogens is 3. The van der Waals surface area contributed by atoms with Crippen LogP contribution in [0, 0.1) is 11.7 Å². The van der Waals surface area contributed by atoms with Crippen LogP contribution < -0.4 is 15.1 Å². The molecule has 1 aliphatic heterocycles. The smallest absolute Gasteiger partial charge is 0.244 e. The van der Waals surface area contributed by atoms with Gasteiger partial charge in [0.05, 0.1) is 6.20 Å². The molecule has 0 amide bonds. The maximum absolute atomic E-state index is 13.1. The van der Waals surface area contributed by atoms with E-state index in [0.29, 0.717) is 11.9 Å². The Morgan fingerprint density at radius 2 is 1.76 bits per heavy atom. The van der Waals surface area contributed by atoms with Crippen LogP contribution in [0.3, 0.4) is 0 Å². The lowest BCUT2D eigenvalue weighted by Crippen LogP contribution is -2.47. The molecule has 1 aromatic heterocycles. The number of hydrogen-bond donors (Lipinski definition) is 1. The Labute approximate surface area is 148 Å². The second-order valence-corrected chi connectivity index (χ2v) is 6.70. The van der Waals surface area contributed by atoms with E-state index in [-0.39, 0.29) is 5.82 Å². The van der Waals surface area contributed by atoms with Crippen LogP contribution >= 0.6 is 0 Å². The minimum absolute atomic E-state index is 0.202. The molecule has 25 heavy (non-hydrogen) atoms. The molecule has 0 spiro atoms. The Balaban J connectivity index is 1.56. The summed E-state index contributed by atoms with van der Waals surface area (Å²) >= 11 is 0. The molecule has 0 atom stereocenters. The van der Waals surface area contributed by atoms with Crippen molar-refractivity contribution < 1.29 is 4.39 Å². The van der Waals surface area contributed by atoms with Gasteiger partial charge in [0.15, 0.2) is 5.82 Å². The van der Waals surface area contributed by atoms with Crippen LogP contribution in [0.4, 0.5) is 21.8 Å². The monoisotopic (exact) mass is 344 g/mol. The van der Waals surface area contributed by atoms with Crippen molar-refractivity contribution in [2.45, 2.75) is 20.3 Å². The van der Waals surface area contributed by atoms with Gasteiger partial charge in [0.2, 0.25) is 5.95 Å². The minimum atomic E-state index is -0.202. The molecule has 1 N–H and O–H groups in total. The maximum atomic E-state index is 13.1. The van der Waals surface area contributed by atoms with E-state index in [1.807, 2.05) is 12.1 Å².